The van der Waals surface area contributed by atoms with E-state index in [0.29, 0.717) is 5.69 Å². The maximum absolute atomic E-state index is 12.4. The molecule has 2 rings (SSSR count). The van der Waals surface area contributed by atoms with Crippen LogP contribution in [-0.4, -0.2) is 18.4 Å². The van der Waals surface area contributed by atoms with Crippen molar-refractivity contribution in [2.75, 3.05) is 4.72 Å². The highest BCUT2D eigenvalue weighted by Crippen LogP contribution is 2.20. The zero-order chi connectivity index (χ0) is 14.8. The van der Waals surface area contributed by atoms with E-state index in [2.05, 4.69) is 9.71 Å². The highest BCUT2D eigenvalue weighted by Gasteiger charge is 2.21. The van der Waals surface area contributed by atoms with E-state index in [4.69, 9.17) is 18.0 Å². The van der Waals surface area contributed by atoms with E-state index in [9.17, 15) is 8.42 Å². The highest BCUT2D eigenvalue weighted by atomic mass is 32.2. The zero-order valence-electron chi connectivity index (χ0n) is 10.7. The molecule has 0 aliphatic rings. The second-order valence-corrected chi connectivity index (χ2v) is 6.23. The summed E-state index contributed by atoms with van der Waals surface area (Å²) in [7, 11) is -3.79. The fraction of sp³-hybridized carbons (Fsp3) is 0.0769. The van der Waals surface area contributed by atoms with E-state index in [1.807, 2.05) is 19.1 Å². The van der Waals surface area contributed by atoms with Gasteiger partial charge >= 0.3 is 0 Å². The largest absolute Gasteiger partial charge is 0.388 e. The summed E-state index contributed by atoms with van der Waals surface area (Å²) in [4.78, 5) is 3.83. The fourth-order valence-corrected chi connectivity index (χ4v) is 3.21. The van der Waals surface area contributed by atoms with Crippen LogP contribution in [0.2, 0.25) is 0 Å². The number of aromatic nitrogens is 1. The van der Waals surface area contributed by atoms with Gasteiger partial charge in [0.25, 0.3) is 10.0 Å². The van der Waals surface area contributed by atoms with Crippen molar-refractivity contribution in [3.8, 4) is 0 Å². The molecular formula is C13H13N3O2S2. The summed E-state index contributed by atoms with van der Waals surface area (Å²) in [5.74, 6) is 0. The van der Waals surface area contributed by atoms with Crippen molar-refractivity contribution >= 4 is 32.9 Å². The van der Waals surface area contributed by atoms with Crippen LogP contribution < -0.4 is 10.5 Å². The third-order valence-electron chi connectivity index (χ3n) is 2.68. The molecule has 0 bridgehead atoms. The van der Waals surface area contributed by atoms with Gasteiger partial charge < -0.3 is 5.73 Å². The monoisotopic (exact) mass is 307 g/mol. The molecule has 2 aromatic rings. The van der Waals surface area contributed by atoms with E-state index in [0.717, 1.165) is 5.56 Å². The molecule has 104 valence electrons. The zero-order valence-corrected chi connectivity index (χ0v) is 12.3. The molecule has 0 aliphatic carbocycles. The van der Waals surface area contributed by atoms with Crippen molar-refractivity contribution in [3.05, 3.63) is 53.9 Å². The molecule has 0 aliphatic heterocycles. The van der Waals surface area contributed by atoms with Crippen LogP contribution in [0.5, 0.6) is 0 Å². The van der Waals surface area contributed by atoms with Crippen LogP contribution in [0.15, 0.2) is 47.5 Å². The number of para-hydroxylation sites is 1. The Labute approximate surface area is 122 Å². The summed E-state index contributed by atoms with van der Waals surface area (Å²) in [6.07, 6.45) is 1.45. The third-order valence-corrected chi connectivity index (χ3v) is 4.27. The predicted octanol–water partition coefficient (Wildman–Crippen LogP) is 1.83. The summed E-state index contributed by atoms with van der Waals surface area (Å²) < 4.78 is 27.3. The molecule has 0 amide bonds. The molecule has 0 saturated heterocycles. The molecule has 0 atom stereocenters. The van der Waals surface area contributed by atoms with Crippen molar-refractivity contribution in [3.63, 3.8) is 0 Å². The second-order valence-electron chi connectivity index (χ2n) is 4.13. The molecule has 0 fully saturated rings. The van der Waals surface area contributed by atoms with E-state index < -0.39 is 10.0 Å². The molecule has 3 N–H and O–H groups in total. The van der Waals surface area contributed by atoms with Gasteiger partial charge in [-0.25, -0.2) is 8.42 Å². The lowest BCUT2D eigenvalue weighted by Crippen LogP contribution is -2.21. The standard InChI is InChI=1S/C13H13N3O2S2/c1-9-5-2-3-6-10(9)16-20(17,18)11-7-4-8-15-12(11)13(14)19/h2-8,16H,1H3,(H2,14,19). The SMILES string of the molecule is Cc1ccccc1NS(=O)(=O)c1cccnc1C(N)=S. The van der Waals surface area contributed by atoms with Crippen LogP contribution in [0.4, 0.5) is 5.69 Å². The first kappa shape index (κ1) is 14.4. The number of aryl methyl sites for hydroxylation is 1. The van der Waals surface area contributed by atoms with Gasteiger partial charge in [-0.2, -0.15) is 0 Å². The van der Waals surface area contributed by atoms with Gasteiger partial charge in [0.2, 0.25) is 0 Å². The summed E-state index contributed by atoms with van der Waals surface area (Å²) in [6, 6.07) is 10.0. The number of thiocarbonyl (C=S) groups is 1. The average molecular weight is 307 g/mol. The van der Waals surface area contributed by atoms with E-state index in [-0.39, 0.29) is 15.6 Å². The first-order valence-corrected chi connectivity index (χ1v) is 7.64. The van der Waals surface area contributed by atoms with Crippen molar-refractivity contribution < 1.29 is 8.42 Å². The number of nitrogens with one attached hydrogen (secondary N) is 1. The number of rotatable bonds is 4. The Kier molecular flexibility index (Phi) is 4.01. The number of pyridine rings is 1. The Morgan fingerprint density at radius 3 is 2.60 bits per heavy atom. The van der Waals surface area contributed by atoms with Crippen molar-refractivity contribution in [2.45, 2.75) is 11.8 Å². The van der Waals surface area contributed by atoms with Gasteiger partial charge in [0.05, 0.1) is 5.69 Å². The lowest BCUT2D eigenvalue weighted by molar-refractivity contribution is 0.600. The summed E-state index contributed by atoms with van der Waals surface area (Å²) >= 11 is 4.83. The minimum Gasteiger partial charge on any atom is -0.388 e. The quantitative estimate of drug-likeness (QED) is 0.842. The summed E-state index contributed by atoms with van der Waals surface area (Å²) in [5, 5.41) is 0. The molecule has 0 radical (unpaired) electrons. The first-order valence-electron chi connectivity index (χ1n) is 5.75. The fourth-order valence-electron chi connectivity index (χ4n) is 1.68. The molecule has 1 heterocycles. The van der Waals surface area contributed by atoms with Crippen LogP contribution in [-0.2, 0) is 10.0 Å². The van der Waals surface area contributed by atoms with Crippen LogP contribution >= 0.6 is 12.2 Å². The number of benzene rings is 1. The minimum absolute atomic E-state index is 0.0317. The minimum atomic E-state index is -3.79. The number of nitrogens with zero attached hydrogens (tertiary/aromatic N) is 1. The Bertz CT molecular complexity index is 758. The molecule has 0 unspecified atom stereocenters. The Balaban J connectivity index is 2.47. The first-order chi connectivity index (χ1) is 9.42. The number of hydrogen-bond donors (Lipinski definition) is 2. The van der Waals surface area contributed by atoms with Gasteiger partial charge in [-0.05, 0) is 30.7 Å². The van der Waals surface area contributed by atoms with Crippen LogP contribution in [0, 0.1) is 6.92 Å². The van der Waals surface area contributed by atoms with Gasteiger partial charge in [-0.15, -0.1) is 0 Å². The maximum Gasteiger partial charge on any atom is 0.264 e. The number of hydrogen-bond acceptors (Lipinski definition) is 4. The van der Waals surface area contributed by atoms with Crippen molar-refractivity contribution in [2.24, 2.45) is 5.73 Å². The van der Waals surface area contributed by atoms with E-state index >= 15 is 0 Å². The average Bonchev–Trinajstić information content (AvgIpc) is 2.41. The third kappa shape index (κ3) is 2.94. The normalized spacial score (nSPS) is 11.1. The molecule has 0 saturated carbocycles. The topological polar surface area (TPSA) is 85.1 Å². The Morgan fingerprint density at radius 1 is 1.25 bits per heavy atom. The second kappa shape index (κ2) is 5.56. The number of sulfonamides is 1. The summed E-state index contributed by atoms with van der Waals surface area (Å²) in [6.45, 7) is 1.82. The molecule has 7 heteroatoms. The van der Waals surface area contributed by atoms with Crippen molar-refractivity contribution in [1.82, 2.24) is 4.98 Å². The predicted molar refractivity (Wildman–Crippen MR) is 82.1 cm³/mol. The van der Waals surface area contributed by atoms with E-state index in [1.54, 1.807) is 12.1 Å². The van der Waals surface area contributed by atoms with E-state index in [1.165, 1.54) is 18.3 Å². The molecule has 20 heavy (non-hydrogen) atoms. The van der Waals surface area contributed by atoms with Gasteiger partial charge in [0, 0.05) is 6.20 Å². The smallest absolute Gasteiger partial charge is 0.264 e. The lowest BCUT2D eigenvalue weighted by Gasteiger charge is -2.12. The lowest BCUT2D eigenvalue weighted by atomic mass is 10.2. The van der Waals surface area contributed by atoms with Gasteiger partial charge in [-0.3, -0.25) is 9.71 Å². The molecule has 0 spiro atoms. The summed E-state index contributed by atoms with van der Waals surface area (Å²) in [5.41, 5.74) is 6.92. The molecule has 5 nitrogen and oxygen atoms in total. The highest BCUT2D eigenvalue weighted by molar-refractivity contribution is 7.93. The molecular weight excluding hydrogens is 294 g/mol. The number of anilines is 1. The maximum atomic E-state index is 12.4. The number of nitrogens with two attached hydrogens (primary N) is 1. The Hall–Kier alpha value is -1.99. The van der Waals surface area contributed by atoms with Gasteiger partial charge in [0.1, 0.15) is 15.6 Å². The Morgan fingerprint density at radius 2 is 1.95 bits per heavy atom. The van der Waals surface area contributed by atoms with Gasteiger partial charge in [0.15, 0.2) is 0 Å². The van der Waals surface area contributed by atoms with Crippen LogP contribution in [0.3, 0.4) is 0 Å². The van der Waals surface area contributed by atoms with Crippen molar-refractivity contribution in [1.29, 1.82) is 0 Å². The molecule has 1 aromatic carbocycles. The van der Waals surface area contributed by atoms with Gasteiger partial charge in [-0.1, -0.05) is 30.4 Å². The molecule has 1 aromatic heterocycles. The van der Waals surface area contributed by atoms with Crippen LogP contribution in [0.25, 0.3) is 0 Å². The van der Waals surface area contributed by atoms with Crippen LogP contribution in [0.1, 0.15) is 11.3 Å².